The van der Waals surface area contributed by atoms with Gasteiger partial charge in [0.2, 0.25) is 0 Å². The zero-order chi connectivity index (χ0) is 41.4. The molecule has 12 rings (SSSR count). The Morgan fingerprint density at radius 2 is 0.758 bits per heavy atom. The summed E-state index contributed by atoms with van der Waals surface area (Å²) < 4.78 is 0. The van der Waals surface area contributed by atoms with E-state index < -0.39 is 5.41 Å². The van der Waals surface area contributed by atoms with Crippen LogP contribution in [-0.4, -0.2) is 15.0 Å². The summed E-state index contributed by atoms with van der Waals surface area (Å²) in [7, 11) is 0. The fourth-order valence-electron chi connectivity index (χ4n) is 10.6. The van der Waals surface area contributed by atoms with Crippen molar-refractivity contribution < 1.29 is 0 Å². The maximum atomic E-state index is 5.01. The molecular formula is C59H41N3. The quantitative estimate of drug-likeness (QED) is 0.174. The Hall–Kier alpha value is -7.75. The van der Waals surface area contributed by atoms with E-state index in [4.69, 9.17) is 15.0 Å². The molecule has 62 heavy (non-hydrogen) atoms. The van der Waals surface area contributed by atoms with E-state index in [1.807, 2.05) is 60.7 Å². The molecule has 0 N–H and O–H groups in total. The number of fused-ring (bicyclic) bond motifs is 10. The van der Waals surface area contributed by atoms with Crippen LogP contribution in [-0.2, 0) is 10.8 Å². The van der Waals surface area contributed by atoms with Gasteiger partial charge in [0.1, 0.15) is 0 Å². The molecule has 1 heterocycles. The second-order valence-corrected chi connectivity index (χ2v) is 17.1. The Bertz CT molecular complexity index is 3260. The van der Waals surface area contributed by atoms with Gasteiger partial charge in [-0.2, -0.15) is 0 Å². The molecule has 292 valence electrons. The fourth-order valence-corrected chi connectivity index (χ4v) is 10.6. The second kappa shape index (κ2) is 13.9. The van der Waals surface area contributed by atoms with Crippen LogP contribution >= 0.6 is 0 Å². The van der Waals surface area contributed by atoms with Gasteiger partial charge in [0.15, 0.2) is 17.5 Å². The predicted octanol–water partition coefficient (Wildman–Crippen LogP) is 14.4. The van der Waals surface area contributed by atoms with Crippen LogP contribution in [0.1, 0.15) is 47.2 Å². The second-order valence-electron chi connectivity index (χ2n) is 17.1. The number of nitrogens with zero attached hydrogens (tertiary/aromatic N) is 3. The summed E-state index contributed by atoms with van der Waals surface area (Å²) in [4.78, 5) is 14.9. The summed E-state index contributed by atoms with van der Waals surface area (Å²) >= 11 is 0. The summed E-state index contributed by atoms with van der Waals surface area (Å²) in [6, 6.07) is 77.0. The summed E-state index contributed by atoms with van der Waals surface area (Å²) in [5, 5.41) is 2.44. The van der Waals surface area contributed by atoms with Crippen molar-refractivity contribution in [3.05, 3.63) is 246 Å². The molecule has 0 amide bonds. The van der Waals surface area contributed by atoms with Crippen LogP contribution in [0.5, 0.6) is 0 Å². The molecule has 2 aliphatic carbocycles. The molecule has 0 radical (unpaired) electrons. The average Bonchev–Trinajstić information content (AvgIpc) is 3.63. The van der Waals surface area contributed by atoms with Gasteiger partial charge in [-0.1, -0.05) is 220 Å². The number of hydrogen-bond acceptors (Lipinski definition) is 3. The molecule has 3 nitrogen and oxygen atoms in total. The lowest BCUT2D eigenvalue weighted by molar-refractivity contribution is 0.563. The first-order valence-electron chi connectivity index (χ1n) is 21.4. The van der Waals surface area contributed by atoms with Gasteiger partial charge >= 0.3 is 0 Å². The normalized spacial score (nSPS) is 13.9. The monoisotopic (exact) mass is 791 g/mol. The Morgan fingerprint density at radius 1 is 0.306 bits per heavy atom. The first kappa shape index (κ1) is 36.1. The molecule has 0 atom stereocenters. The van der Waals surface area contributed by atoms with Gasteiger partial charge in [-0.25, -0.2) is 15.0 Å². The molecule has 2 aliphatic rings. The smallest absolute Gasteiger partial charge is 0.164 e. The Labute approximate surface area is 362 Å². The Kier molecular flexibility index (Phi) is 8.10. The van der Waals surface area contributed by atoms with E-state index >= 15 is 0 Å². The van der Waals surface area contributed by atoms with Gasteiger partial charge in [0.05, 0.1) is 5.41 Å². The molecule has 1 aromatic heterocycles. The van der Waals surface area contributed by atoms with Crippen LogP contribution < -0.4 is 0 Å². The fraction of sp³-hybridized carbons (Fsp3) is 0.0678. The molecule has 1 spiro atoms. The SMILES string of the molecule is CC1(C)c2ccccc2C2(c3ccccc3-c3cc(-c4c(-c5ccc(-c6nc(-c7ccccc7)nc(-c7ccccc7)n6)cc5)ccc5ccccc45)ccc32)c2ccccc21. The largest absolute Gasteiger partial charge is 0.208 e. The van der Waals surface area contributed by atoms with Crippen LogP contribution in [0, 0.1) is 0 Å². The van der Waals surface area contributed by atoms with Crippen molar-refractivity contribution in [1.29, 1.82) is 0 Å². The molecule has 0 saturated carbocycles. The van der Waals surface area contributed by atoms with Crippen LogP contribution in [0.3, 0.4) is 0 Å². The molecule has 3 heteroatoms. The Morgan fingerprint density at radius 3 is 1.37 bits per heavy atom. The molecule has 0 bridgehead atoms. The Balaban J connectivity index is 1.03. The summed E-state index contributed by atoms with van der Waals surface area (Å²) in [6.45, 7) is 4.76. The first-order valence-corrected chi connectivity index (χ1v) is 21.4. The average molecular weight is 792 g/mol. The van der Waals surface area contributed by atoms with Crippen molar-refractivity contribution in [2.75, 3.05) is 0 Å². The van der Waals surface area contributed by atoms with E-state index in [1.165, 1.54) is 72.0 Å². The zero-order valence-corrected chi connectivity index (χ0v) is 34.5. The van der Waals surface area contributed by atoms with Crippen LogP contribution in [0.4, 0.5) is 0 Å². The van der Waals surface area contributed by atoms with E-state index in [9.17, 15) is 0 Å². The maximum absolute atomic E-state index is 5.01. The zero-order valence-electron chi connectivity index (χ0n) is 34.5. The molecular weight excluding hydrogens is 751 g/mol. The summed E-state index contributed by atoms with van der Waals surface area (Å²) in [6.07, 6.45) is 0. The van der Waals surface area contributed by atoms with Crippen molar-refractivity contribution >= 4 is 10.8 Å². The number of hydrogen-bond donors (Lipinski definition) is 0. The molecule has 9 aromatic carbocycles. The van der Waals surface area contributed by atoms with Crippen molar-refractivity contribution in [3.63, 3.8) is 0 Å². The molecule has 10 aromatic rings. The number of rotatable bonds is 5. The van der Waals surface area contributed by atoms with Gasteiger partial charge in [-0.3, -0.25) is 0 Å². The van der Waals surface area contributed by atoms with Gasteiger partial charge in [0.25, 0.3) is 0 Å². The lowest BCUT2D eigenvalue weighted by Crippen LogP contribution is -2.40. The minimum absolute atomic E-state index is 0.138. The lowest BCUT2D eigenvalue weighted by atomic mass is 9.55. The maximum Gasteiger partial charge on any atom is 0.164 e. The minimum atomic E-state index is -0.430. The lowest BCUT2D eigenvalue weighted by Gasteiger charge is -2.46. The third kappa shape index (κ3) is 5.34. The molecule has 0 fully saturated rings. The van der Waals surface area contributed by atoms with E-state index in [1.54, 1.807) is 0 Å². The summed E-state index contributed by atoms with van der Waals surface area (Å²) in [5.74, 6) is 1.95. The predicted molar refractivity (Wildman–Crippen MR) is 254 cm³/mol. The first-order chi connectivity index (χ1) is 30.5. The number of benzene rings is 9. The highest BCUT2D eigenvalue weighted by Gasteiger charge is 2.53. The van der Waals surface area contributed by atoms with Crippen molar-refractivity contribution in [3.8, 4) is 67.5 Å². The minimum Gasteiger partial charge on any atom is -0.208 e. The topological polar surface area (TPSA) is 38.7 Å². The van der Waals surface area contributed by atoms with Crippen molar-refractivity contribution in [1.82, 2.24) is 15.0 Å². The van der Waals surface area contributed by atoms with Crippen molar-refractivity contribution in [2.45, 2.75) is 24.7 Å². The highest BCUT2D eigenvalue weighted by Crippen LogP contribution is 2.62. The van der Waals surface area contributed by atoms with E-state index in [2.05, 4.69) is 166 Å². The van der Waals surface area contributed by atoms with Gasteiger partial charge in [-0.05, 0) is 83.6 Å². The third-order valence-corrected chi connectivity index (χ3v) is 13.4. The van der Waals surface area contributed by atoms with E-state index in [0.29, 0.717) is 17.5 Å². The van der Waals surface area contributed by atoms with Gasteiger partial charge in [-0.15, -0.1) is 0 Å². The molecule has 0 saturated heterocycles. The van der Waals surface area contributed by atoms with Crippen molar-refractivity contribution in [2.24, 2.45) is 0 Å². The summed E-state index contributed by atoms with van der Waals surface area (Å²) in [5.41, 5.74) is 17.8. The van der Waals surface area contributed by atoms with Crippen LogP contribution in [0.15, 0.2) is 212 Å². The highest BCUT2D eigenvalue weighted by atomic mass is 15.0. The number of aromatic nitrogens is 3. The molecule has 0 aliphatic heterocycles. The van der Waals surface area contributed by atoms with Crippen LogP contribution in [0.2, 0.25) is 0 Å². The van der Waals surface area contributed by atoms with Crippen LogP contribution in [0.25, 0.3) is 78.3 Å². The molecule has 0 unspecified atom stereocenters. The highest BCUT2D eigenvalue weighted by molar-refractivity contribution is 6.05. The van der Waals surface area contributed by atoms with Gasteiger partial charge in [0, 0.05) is 22.1 Å². The standard InChI is InChI=1S/C59H41N3/c1-58(2)50-25-13-15-27-52(50)59(53-28-16-14-26-51(53)58)48-24-12-11-23-46(48)47-37-43(34-36-49(47)59)54-44-22-10-9-17-38(44)33-35-45(54)39-29-31-42(32-30-39)57-61-55(40-18-5-3-6-19-40)60-56(62-57)41-20-7-4-8-21-41/h3-37H,1-2H3. The van der Waals surface area contributed by atoms with E-state index in [-0.39, 0.29) is 5.41 Å². The van der Waals surface area contributed by atoms with Gasteiger partial charge < -0.3 is 0 Å². The van der Waals surface area contributed by atoms with E-state index in [0.717, 1.165) is 22.3 Å². The third-order valence-electron chi connectivity index (χ3n) is 13.4.